The summed E-state index contributed by atoms with van der Waals surface area (Å²) in [6, 6.07) is 4.73. The minimum atomic E-state index is -0.560. The minimum Gasteiger partial charge on any atom is -0.497 e. The van der Waals surface area contributed by atoms with Crippen molar-refractivity contribution in [3.8, 4) is 5.75 Å². The lowest BCUT2D eigenvalue weighted by atomic mass is 10.1. The van der Waals surface area contributed by atoms with Crippen molar-refractivity contribution in [1.82, 2.24) is 9.80 Å². The molecule has 1 aliphatic heterocycles. The molecule has 0 spiro atoms. The zero-order valence-corrected chi connectivity index (χ0v) is 17.3. The summed E-state index contributed by atoms with van der Waals surface area (Å²) < 4.78 is 10.4. The molecule has 1 aromatic rings. The second kappa shape index (κ2) is 9.10. The standard InChI is InChI=1S/C20H25ClN2O5/c1-20(2,3)28-19(26)23-11-9-22(10-12-23)18(25)8-7-17(24)15-6-5-14(27-4)13-16(15)21/h5-8,13H,9-12H2,1-4H3/b8-7+. The number of halogens is 1. The molecule has 0 aliphatic carbocycles. The number of nitrogens with zero attached hydrogens (tertiary/aromatic N) is 2. The normalized spacial score (nSPS) is 14.9. The number of benzene rings is 1. The maximum absolute atomic E-state index is 12.3. The van der Waals surface area contributed by atoms with Gasteiger partial charge in [0.1, 0.15) is 11.4 Å². The molecule has 7 nitrogen and oxygen atoms in total. The Morgan fingerprint density at radius 1 is 1.04 bits per heavy atom. The molecular formula is C20H25ClN2O5. The number of piperazine rings is 1. The summed E-state index contributed by atoms with van der Waals surface area (Å²) in [5.41, 5.74) is -0.267. The quantitative estimate of drug-likeness (QED) is 0.565. The number of methoxy groups -OCH3 is 1. The third-order valence-corrected chi connectivity index (χ3v) is 4.37. The highest BCUT2D eigenvalue weighted by molar-refractivity contribution is 6.34. The Labute approximate surface area is 169 Å². The molecule has 0 atom stereocenters. The first-order valence-corrected chi connectivity index (χ1v) is 9.31. The van der Waals surface area contributed by atoms with Crippen LogP contribution in [-0.4, -0.2) is 66.5 Å². The van der Waals surface area contributed by atoms with Gasteiger partial charge >= 0.3 is 6.09 Å². The molecule has 2 amide bonds. The molecule has 1 aromatic carbocycles. The van der Waals surface area contributed by atoms with Gasteiger partial charge in [0.05, 0.1) is 12.1 Å². The van der Waals surface area contributed by atoms with E-state index in [1.807, 2.05) is 20.8 Å². The van der Waals surface area contributed by atoms with Crippen molar-refractivity contribution in [2.75, 3.05) is 33.3 Å². The lowest BCUT2D eigenvalue weighted by Crippen LogP contribution is -2.51. The van der Waals surface area contributed by atoms with Crippen molar-refractivity contribution in [3.05, 3.63) is 40.9 Å². The van der Waals surface area contributed by atoms with Crippen molar-refractivity contribution >= 4 is 29.4 Å². The number of ketones is 1. The molecule has 28 heavy (non-hydrogen) atoms. The highest BCUT2D eigenvalue weighted by Crippen LogP contribution is 2.23. The van der Waals surface area contributed by atoms with Gasteiger partial charge in [-0.2, -0.15) is 0 Å². The van der Waals surface area contributed by atoms with E-state index in [1.165, 1.54) is 19.3 Å². The summed E-state index contributed by atoms with van der Waals surface area (Å²) in [6.45, 7) is 6.93. The van der Waals surface area contributed by atoms with Crippen LogP contribution < -0.4 is 4.74 Å². The van der Waals surface area contributed by atoms with Crippen LogP contribution in [0.15, 0.2) is 30.4 Å². The van der Waals surface area contributed by atoms with Gasteiger partial charge in [0, 0.05) is 37.8 Å². The largest absolute Gasteiger partial charge is 0.497 e. The van der Waals surface area contributed by atoms with Crippen molar-refractivity contribution in [2.45, 2.75) is 26.4 Å². The number of rotatable bonds is 4. The molecule has 2 rings (SSSR count). The van der Waals surface area contributed by atoms with Crippen LogP contribution in [0.1, 0.15) is 31.1 Å². The molecule has 0 aromatic heterocycles. The van der Waals surface area contributed by atoms with Gasteiger partial charge in [-0.25, -0.2) is 4.79 Å². The first-order chi connectivity index (χ1) is 13.1. The van der Waals surface area contributed by atoms with E-state index in [1.54, 1.807) is 28.0 Å². The molecule has 1 fully saturated rings. The van der Waals surface area contributed by atoms with E-state index >= 15 is 0 Å². The van der Waals surface area contributed by atoms with Crippen LogP contribution in [0, 0.1) is 0 Å². The lowest BCUT2D eigenvalue weighted by Gasteiger charge is -2.35. The molecule has 8 heteroatoms. The van der Waals surface area contributed by atoms with Crippen LogP contribution >= 0.6 is 11.6 Å². The second-order valence-electron chi connectivity index (χ2n) is 7.34. The minimum absolute atomic E-state index is 0.257. The van der Waals surface area contributed by atoms with E-state index in [2.05, 4.69) is 0 Å². The third-order valence-electron chi connectivity index (χ3n) is 4.06. The van der Waals surface area contributed by atoms with E-state index in [0.29, 0.717) is 37.5 Å². The molecule has 0 N–H and O–H groups in total. The smallest absolute Gasteiger partial charge is 0.410 e. The van der Waals surface area contributed by atoms with Crippen molar-refractivity contribution in [1.29, 1.82) is 0 Å². The lowest BCUT2D eigenvalue weighted by molar-refractivity contribution is -0.127. The number of hydrogen-bond acceptors (Lipinski definition) is 5. The topological polar surface area (TPSA) is 76.2 Å². The third kappa shape index (κ3) is 5.99. The first kappa shape index (κ1) is 21.8. The van der Waals surface area contributed by atoms with Gasteiger partial charge in [0.25, 0.3) is 0 Å². The predicted octanol–water partition coefficient (Wildman–Crippen LogP) is 3.17. The van der Waals surface area contributed by atoms with Gasteiger partial charge < -0.3 is 19.3 Å². The number of amides is 2. The summed E-state index contributed by atoms with van der Waals surface area (Å²) in [7, 11) is 1.51. The number of carbonyl (C=O) groups excluding carboxylic acids is 3. The highest BCUT2D eigenvalue weighted by atomic mass is 35.5. The molecule has 0 unspecified atom stereocenters. The van der Waals surface area contributed by atoms with Crippen LogP contribution in [0.2, 0.25) is 5.02 Å². The summed E-state index contributed by atoms with van der Waals surface area (Å²) >= 11 is 6.08. The molecular weight excluding hydrogens is 384 g/mol. The van der Waals surface area contributed by atoms with E-state index in [9.17, 15) is 14.4 Å². The van der Waals surface area contributed by atoms with E-state index in [0.717, 1.165) is 0 Å². The molecule has 1 saturated heterocycles. The highest BCUT2D eigenvalue weighted by Gasteiger charge is 2.27. The fourth-order valence-corrected chi connectivity index (χ4v) is 2.86. The second-order valence-corrected chi connectivity index (χ2v) is 7.74. The number of ether oxygens (including phenoxy) is 2. The van der Waals surface area contributed by atoms with Crippen molar-refractivity contribution in [3.63, 3.8) is 0 Å². The summed E-state index contributed by atoms with van der Waals surface area (Å²) in [5, 5.41) is 0.257. The number of hydrogen-bond donors (Lipinski definition) is 0. The van der Waals surface area contributed by atoms with E-state index < -0.39 is 5.60 Å². The maximum atomic E-state index is 12.3. The van der Waals surface area contributed by atoms with E-state index in [-0.39, 0.29) is 22.8 Å². The molecule has 0 bridgehead atoms. The molecule has 0 saturated carbocycles. The Morgan fingerprint density at radius 3 is 2.18 bits per heavy atom. The fraction of sp³-hybridized carbons (Fsp3) is 0.450. The van der Waals surface area contributed by atoms with Gasteiger partial charge in [-0.05, 0) is 45.0 Å². The van der Waals surface area contributed by atoms with Crippen LogP contribution in [0.4, 0.5) is 4.79 Å². The van der Waals surface area contributed by atoms with Crippen LogP contribution in [0.5, 0.6) is 5.75 Å². The zero-order chi connectivity index (χ0) is 20.9. The molecule has 0 radical (unpaired) electrons. The number of allylic oxidation sites excluding steroid dienone is 1. The Bertz CT molecular complexity index is 777. The van der Waals surface area contributed by atoms with Crippen molar-refractivity contribution < 1.29 is 23.9 Å². The number of carbonyl (C=O) groups is 3. The summed E-state index contributed by atoms with van der Waals surface area (Å²) in [5.74, 6) is -0.111. The summed E-state index contributed by atoms with van der Waals surface area (Å²) in [6.07, 6.45) is 2.04. The maximum Gasteiger partial charge on any atom is 0.410 e. The summed E-state index contributed by atoms with van der Waals surface area (Å²) in [4.78, 5) is 39.8. The van der Waals surface area contributed by atoms with Gasteiger partial charge in [-0.3, -0.25) is 9.59 Å². The Kier molecular flexibility index (Phi) is 7.07. The molecule has 1 aliphatic rings. The van der Waals surface area contributed by atoms with Crippen molar-refractivity contribution in [2.24, 2.45) is 0 Å². The average molecular weight is 409 g/mol. The van der Waals surface area contributed by atoms with Gasteiger partial charge in [0.15, 0.2) is 5.78 Å². The average Bonchev–Trinajstić information content (AvgIpc) is 2.64. The Morgan fingerprint density at radius 2 is 1.64 bits per heavy atom. The Hall–Kier alpha value is -2.54. The first-order valence-electron chi connectivity index (χ1n) is 8.93. The SMILES string of the molecule is COc1ccc(C(=O)/C=C/C(=O)N2CCN(C(=O)OC(C)(C)C)CC2)c(Cl)c1. The van der Waals surface area contributed by atoms with Gasteiger partial charge in [0.2, 0.25) is 5.91 Å². The molecule has 1 heterocycles. The Balaban J connectivity index is 1.90. The van der Waals surface area contributed by atoms with Crippen LogP contribution in [0.25, 0.3) is 0 Å². The van der Waals surface area contributed by atoms with Crippen LogP contribution in [0.3, 0.4) is 0 Å². The van der Waals surface area contributed by atoms with Crippen LogP contribution in [-0.2, 0) is 9.53 Å². The van der Waals surface area contributed by atoms with Gasteiger partial charge in [-0.1, -0.05) is 11.6 Å². The van der Waals surface area contributed by atoms with Gasteiger partial charge in [-0.15, -0.1) is 0 Å². The fourth-order valence-electron chi connectivity index (χ4n) is 2.60. The van der Waals surface area contributed by atoms with E-state index in [4.69, 9.17) is 21.1 Å². The monoisotopic (exact) mass is 408 g/mol. The zero-order valence-electron chi connectivity index (χ0n) is 16.5. The predicted molar refractivity (Wildman–Crippen MR) is 106 cm³/mol. The molecule has 152 valence electrons.